The Balaban J connectivity index is 2.20. The van der Waals surface area contributed by atoms with E-state index in [0.29, 0.717) is 6.04 Å². The SMILES string of the molecule is CN1CCCC1c1cnc(C(=O)O)[nH]1. The maximum atomic E-state index is 10.6. The molecule has 2 N–H and O–H groups in total. The van der Waals surface area contributed by atoms with Crippen molar-refractivity contribution in [1.82, 2.24) is 14.9 Å². The number of hydrogen-bond donors (Lipinski definition) is 2. The number of rotatable bonds is 2. The number of H-pyrrole nitrogens is 1. The van der Waals surface area contributed by atoms with Crippen LogP contribution < -0.4 is 0 Å². The number of aromatic amines is 1. The van der Waals surface area contributed by atoms with Gasteiger partial charge in [0.15, 0.2) is 0 Å². The van der Waals surface area contributed by atoms with Gasteiger partial charge in [0.25, 0.3) is 0 Å². The van der Waals surface area contributed by atoms with Crippen LogP contribution in [0.25, 0.3) is 0 Å². The molecule has 5 heteroatoms. The van der Waals surface area contributed by atoms with Crippen molar-refractivity contribution in [1.29, 1.82) is 0 Å². The zero-order valence-corrected chi connectivity index (χ0v) is 8.03. The molecule has 76 valence electrons. The Kier molecular flexibility index (Phi) is 2.25. The molecule has 2 heterocycles. The molecule has 0 bridgehead atoms. The van der Waals surface area contributed by atoms with Gasteiger partial charge < -0.3 is 10.1 Å². The van der Waals surface area contributed by atoms with Crippen molar-refractivity contribution in [3.8, 4) is 0 Å². The molecule has 1 aliphatic rings. The van der Waals surface area contributed by atoms with Gasteiger partial charge in [-0.25, -0.2) is 9.78 Å². The third-order valence-corrected chi connectivity index (χ3v) is 2.68. The maximum Gasteiger partial charge on any atom is 0.371 e. The largest absolute Gasteiger partial charge is 0.475 e. The first-order valence-electron chi connectivity index (χ1n) is 4.67. The number of carboxylic acids is 1. The summed E-state index contributed by atoms with van der Waals surface area (Å²) in [4.78, 5) is 19.5. The van der Waals surface area contributed by atoms with E-state index in [1.807, 2.05) is 7.05 Å². The van der Waals surface area contributed by atoms with Crippen molar-refractivity contribution >= 4 is 5.97 Å². The summed E-state index contributed by atoms with van der Waals surface area (Å²) in [6, 6.07) is 0.301. The number of aromatic nitrogens is 2. The average molecular weight is 195 g/mol. The van der Waals surface area contributed by atoms with E-state index in [4.69, 9.17) is 5.11 Å². The molecule has 0 spiro atoms. The van der Waals surface area contributed by atoms with Crippen molar-refractivity contribution < 1.29 is 9.90 Å². The second-order valence-corrected chi connectivity index (χ2v) is 3.63. The third-order valence-electron chi connectivity index (χ3n) is 2.68. The highest BCUT2D eigenvalue weighted by Gasteiger charge is 2.24. The number of carboxylic acid groups (broad SMARTS) is 1. The van der Waals surface area contributed by atoms with Gasteiger partial charge in [0.05, 0.1) is 17.9 Å². The van der Waals surface area contributed by atoms with Crippen LogP contribution in [0.5, 0.6) is 0 Å². The summed E-state index contributed by atoms with van der Waals surface area (Å²) in [5, 5.41) is 8.70. The van der Waals surface area contributed by atoms with E-state index < -0.39 is 5.97 Å². The highest BCUT2D eigenvalue weighted by atomic mass is 16.4. The first-order chi connectivity index (χ1) is 6.68. The first-order valence-corrected chi connectivity index (χ1v) is 4.67. The molecule has 14 heavy (non-hydrogen) atoms. The quantitative estimate of drug-likeness (QED) is 0.734. The Morgan fingerprint density at radius 1 is 1.79 bits per heavy atom. The van der Waals surface area contributed by atoms with Crippen molar-refractivity contribution in [2.75, 3.05) is 13.6 Å². The van der Waals surface area contributed by atoms with Crippen LogP contribution in [-0.2, 0) is 0 Å². The Bertz CT molecular complexity index is 348. The van der Waals surface area contributed by atoms with Crippen LogP contribution >= 0.6 is 0 Å². The lowest BCUT2D eigenvalue weighted by Crippen LogP contribution is -2.17. The lowest BCUT2D eigenvalue weighted by atomic mass is 10.2. The summed E-state index contributed by atoms with van der Waals surface area (Å²) < 4.78 is 0. The van der Waals surface area contributed by atoms with Crippen LogP contribution in [-0.4, -0.2) is 39.5 Å². The zero-order valence-electron chi connectivity index (χ0n) is 8.03. The number of nitrogens with one attached hydrogen (secondary N) is 1. The minimum absolute atomic E-state index is 0.0281. The van der Waals surface area contributed by atoms with Crippen LogP contribution in [0.3, 0.4) is 0 Å². The predicted molar refractivity (Wildman–Crippen MR) is 50.2 cm³/mol. The second kappa shape index (κ2) is 3.42. The fourth-order valence-corrected chi connectivity index (χ4v) is 1.92. The normalized spacial score (nSPS) is 22.8. The fourth-order valence-electron chi connectivity index (χ4n) is 1.92. The second-order valence-electron chi connectivity index (χ2n) is 3.63. The summed E-state index contributed by atoms with van der Waals surface area (Å²) in [6.07, 6.45) is 3.84. The number of hydrogen-bond acceptors (Lipinski definition) is 3. The average Bonchev–Trinajstić information content (AvgIpc) is 2.71. The van der Waals surface area contributed by atoms with Crippen LogP contribution in [0.4, 0.5) is 0 Å². The molecule has 0 amide bonds. The van der Waals surface area contributed by atoms with E-state index in [-0.39, 0.29) is 5.82 Å². The van der Waals surface area contributed by atoms with Crippen LogP contribution in [0.2, 0.25) is 0 Å². The summed E-state index contributed by atoms with van der Waals surface area (Å²) >= 11 is 0. The number of aromatic carboxylic acids is 1. The van der Waals surface area contributed by atoms with Gasteiger partial charge in [-0.2, -0.15) is 0 Å². The summed E-state index contributed by atoms with van der Waals surface area (Å²) in [7, 11) is 2.04. The van der Waals surface area contributed by atoms with Crippen molar-refractivity contribution in [2.24, 2.45) is 0 Å². The van der Waals surface area contributed by atoms with Gasteiger partial charge in [0, 0.05) is 0 Å². The Hall–Kier alpha value is -1.36. The minimum atomic E-state index is -1.00. The number of carbonyl (C=O) groups is 1. The predicted octanol–water partition coefficient (Wildman–Crippen LogP) is 0.875. The molecular formula is C9H13N3O2. The molecule has 0 saturated carbocycles. The highest BCUT2D eigenvalue weighted by Crippen LogP contribution is 2.28. The Labute approximate surface area is 81.8 Å². The molecule has 1 atom stereocenters. The van der Waals surface area contributed by atoms with E-state index in [2.05, 4.69) is 14.9 Å². The van der Waals surface area contributed by atoms with E-state index in [1.165, 1.54) is 0 Å². The third kappa shape index (κ3) is 1.50. The molecular weight excluding hydrogens is 182 g/mol. The summed E-state index contributed by atoms with van der Waals surface area (Å²) in [5.74, 6) is -0.975. The lowest BCUT2D eigenvalue weighted by Gasteiger charge is -2.17. The molecule has 0 radical (unpaired) electrons. The van der Waals surface area contributed by atoms with E-state index in [9.17, 15) is 4.79 Å². The van der Waals surface area contributed by atoms with Gasteiger partial charge in [0.2, 0.25) is 5.82 Å². The Morgan fingerprint density at radius 3 is 3.07 bits per heavy atom. The standard InChI is InChI=1S/C9H13N3O2/c1-12-4-2-3-7(12)6-5-10-8(11-6)9(13)14/h5,7H,2-4H2,1H3,(H,10,11)(H,13,14). The molecule has 1 fully saturated rings. The van der Waals surface area contributed by atoms with Gasteiger partial charge in [-0.15, -0.1) is 0 Å². The van der Waals surface area contributed by atoms with Gasteiger partial charge in [-0.3, -0.25) is 4.90 Å². The highest BCUT2D eigenvalue weighted by molar-refractivity contribution is 5.83. The van der Waals surface area contributed by atoms with Gasteiger partial charge >= 0.3 is 5.97 Å². The van der Waals surface area contributed by atoms with Crippen LogP contribution in [0.15, 0.2) is 6.20 Å². The maximum absolute atomic E-state index is 10.6. The van der Waals surface area contributed by atoms with Crippen LogP contribution in [0, 0.1) is 0 Å². The summed E-state index contributed by atoms with van der Waals surface area (Å²) in [6.45, 7) is 1.06. The first kappa shape index (κ1) is 9.21. The van der Waals surface area contributed by atoms with Crippen molar-refractivity contribution in [2.45, 2.75) is 18.9 Å². The molecule has 0 aliphatic carbocycles. The van der Waals surface area contributed by atoms with E-state index >= 15 is 0 Å². The molecule has 1 aromatic heterocycles. The molecule has 1 aliphatic heterocycles. The zero-order chi connectivity index (χ0) is 10.1. The van der Waals surface area contributed by atoms with E-state index in [1.54, 1.807) is 6.20 Å². The van der Waals surface area contributed by atoms with E-state index in [0.717, 1.165) is 25.1 Å². The monoisotopic (exact) mass is 195 g/mol. The lowest BCUT2D eigenvalue weighted by molar-refractivity contribution is 0.0684. The van der Waals surface area contributed by atoms with Crippen molar-refractivity contribution in [3.05, 3.63) is 17.7 Å². The molecule has 1 aromatic rings. The number of imidazole rings is 1. The van der Waals surface area contributed by atoms with Gasteiger partial charge in [-0.05, 0) is 26.4 Å². The number of likely N-dealkylation sites (tertiary alicyclic amines) is 1. The van der Waals surface area contributed by atoms with Crippen LogP contribution in [0.1, 0.15) is 35.2 Å². The molecule has 2 rings (SSSR count). The summed E-state index contributed by atoms with van der Waals surface area (Å²) in [5.41, 5.74) is 0.905. The van der Waals surface area contributed by atoms with Crippen molar-refractivity contribution in [3.63, 3.8) is 0 Å². The minimum Gasteiger partial charge on any atom is -0.475 e. The molecule has 1 saturated heterocycles. The fraction of sp³-hybridized carbons (Fsp3) is 0.556. The number of nitrogens with zero attached hydrogens (tertiary/aromatic N) is 2. The van der Waals surface area contributed by atoms with Gasteiger partial charge in [0.1, 0.15) is 0 Å². The molecule has 5 nitrogen and oxygen atoms in total. The molecule has 0 aromatic carbocycles. The Morgan fingerprint density at radius 2 is 2.57 bits per heavy atom. The van der Waals surface area contributed by atoms with Gasteiger partial charge in [-0.1, -0.05) is 0 Å². The smallest absolute Gasteiger partial charge is 0.371 e. The molecule has 1 unspecified atom stereocenters. The topological polar surface area (TPSA) is 69.2 Å².